The number of benzene rings is 4. The van der Waals surface area contributed by atoms with Gasteiger partial charge in [0.15, 0.2) is 0 Å². The van der Waals surface area contributed by atoms with Crippen molar-refractivity contribution in [3.8, 4) is 22.5 Å². The lowest BCUT2D eigenvalue weighted by molar-refractivity contribution is -0.132. The molecule has 1 aromatic heterocycles. The van der Waals surface area contributed by atoms with Crippen LogP contribution in [-0.2, 0) is 9.59 Å². The molecule has 1 fully saturated rings. The Kier molecular flexibility index (Phi) is 9.40. The molecule has 3 amide bonds. The fourth-order valence-electron chi connectivity index (χ4n) is 6.86. The molecule has 0 saturated carbocycles. The molecule has 0 radical (unpaired) electrons. The number of carbonyl (C=O) groups excluding carboxylic acids is 3. The molecule has 2 aliphatic heterocycles. The molecule has 52 heavy (non-hydrogen) atoms. The molecule has 0 unspecified atom stereocenters. The molecule has 1 aliphatic carbocycles. The van der Waals surface area contributed by atoms with Crippen LogP contribution < -0.4 is 27.5 Å². The Balaban J connectivity index is 0.943. The van der Waals surface area contributed by atoms with Crippen molar-refractivity contribution in [2.75, 3.05) is 37.2 Å². The van der Waals surface area contributed by atoms with Gasteiger partial charge in [0.2, 0.25) is 11.8 Å². The van der Waals surface area contributed by atoms with Crippen LogP contribution in [0.1, 0.15) is 42.5 Å². The first kappa shape index (κ1) is 34.0. The standard InChI is InChI=1S/C39H37N7O6/c40-23-13-15-27-31(21-23)52-32-22-24(41)14-16-28(32)35(27)25-7-4-5-8-26(25)39(51)46-19-17-45(18-20-46)34(48)12-3-1-2-11-33(47)42-30-10-6-9-29-36(30)38(50)44-43-37(29)49/h4-10,13-16,21-22,40H,1-3,11-12,17-20,41H2,(H,42,47)(H,43,49)(H,44,50). The van der Waals surface area contributed by atoms with Gasteiger partial charge in [0.1, 0.15) is 11.3 Å². The number of aromatic nitrogens is 2. The van der Waals surface area contributed by atoms with Crippen LogP contribution in [0.5, 0.6) is 0 Å². The lowest BCUT2D eigenvalue weighted by Crippen LogP contribution is -2.50. The van der Waals surface area contributed by atoms with Crippen LogP contribution in [0, 0.1) is 5.41 Å². The summed E-state index contributed by atoms with van der Waals surface area (Å²) in [5, 5.41) is 16.8. The van der Waals surface area contributed by atoms with Gasteiger partial charge in [-0.2, -0.15) is 0 Å². The second kappa shape index (κ2) is 14.4. The third-order valence-electron chi connectivity index (χ3n) is 9.49. The van der Waals surface area contributed by atoms with Gasteiger partial charge >= 0.3 is 0 Å². The van der Waals surface area contributed by atoms with Gasteiger partial charge in [-0.1, -0.05) is 30.7 Å². The maximum atomic E-state index is 14.0. The number of hydrogen-bond acceptors (Lipinski definition) is 8. The van der Waals surface area contributed by atoms with Crippen molar-refractivity contribution in [2.45, 2.75) is 32.1 Å². The monoisotopic (exact) mass is 699 g/mol. The summed E-state index contributed by atoms with van der Waals surface area (Å²) in [5.41, 5.74) is 9.39. The van der Waals surface area contributed by atoms with Gasteiger partial charge in [-0.25, -0.2) is 0 Å². The number of hydrogen-bond donors (Lipinski definition) is 5. The number of nitrogens with one attached hydrogen (secondary N) is 4. The van der Waals surface area contributed by atoms with E-state index in [4.69, 9.17) is 15.6 Å². The highest BCUT2D eigenvalue weighted by Gasteiger charge is 2.28. The van der Waals surface area contributed by atoms with Crippen LogP contribution in [0.3, 0.4) is 0 Å². The number of carbonyl (C=O) groups is 3. The van der Waals surface area contributed by atoms with Crippen molar-refractivity contribution < 1.29 is 18.8 Å². The minimum Gasteiger partial charge on any atom is -0.456 e. The van der Waals surface area contributed by atoms with E-state index < -0.39 is 11.1 Å². The van der Waals surface area contributed by atoms with Crippen molar-refractivity contribution in [1.82, 2.24) is 20.0 Å². The first-order chi connectivity index (χ1) is 25.2. The fourth-order valence-corrected chi connectivity index (χ4v) is 6.86. The third kappa shape index (κ3) is 6.80. The van der Waals surface area contributed by atoms with Crippen LogP contribution in [-0.4, -0.2) is 63.9 Å². The minimum atomic E-state index is -0.499. The zero-order valence-corrected chi connectivity index (χ0v) is 28.3. The van der Waals surface area contributed by atoms with Crippen molar-refractivity contribution in [3.63, 3.8) is 0 Å². The average Bonchev–Trinajstić information content (AvgIpc) is 3.15. The van der Waals surface area contributed by atoms with Crippen LogP contribution in [0.2, 0.25) is 0 Å². The molecule has 7 rings (SSSR count). The van der Waals surface area contributed by atoms with Gasteiger partial charge in [0, 0.05) is 78.9 Å². The highest BCUT2D eigenvalue weighted by atomic mass is 16.3. The van der Waals surface area contributed by atoms with Crippen LogP contribution in [0.15, 0.2) is 92.9 Å². The van der Waals surface area contributed by atoms with Crippen LogP contribution >= 0.6 is 0 Å². The number of nitrogens with zero attached hydrogens (tertiary/aromatic N) is 2. The van der Waals surface area contributed by atoms with Crippen molar-refractivity contribution >= 4 is 50.8 Å². The Morgan fingerprint density at radius 2 is 1.52 bits per heavy atom. The van der Waals surface area contributed by atoms with Gasteiger partial charge in [-0.3, -0.25) is 34.2 Å². The zero-order valence-electron chi connectivity index (χ0n) is 28.3. The smallest absolute Gasteiger partial charge is 0.272 e. The summed E-state index contributed by atoms with van der Waals surface area (Å²) in [5.74, 6) is 0.124. The summed E-state index contributed by atoms with van der Waals surface area (Å²) < 4.78 is 6.14. The maximum absolute atomic E-state index is 14.0. The van der Waals surface area contributed by atoms with Crippen LogP contribution in [0.4, 0.5) is 11.4 Å². The summed E-state index contributed by atoms with van der Waals surface area (Å²) in [7, 11) is 0. The molecule has 13 heteroatoms. The Morgan fingerprint density at radius 3 is 2.35 bits per heavy atom. The molecule has 0 atom stereocenters. The number of nitrogen functional groups attached to an aromatic ring is 1. The Bertz CT molecular complexity index is 2490. The second-order valence-corrected chi connectivity index (χ2v) is 12.9. The molecule has 3 aromatic carbocycles. The highest BCUT2D eigenvalue weighted by Crippen LogP contribution is 2.41. The van der Waals surface area contributed by atoms with Crippen molar-refractivity contribution in [2.24, 2.45) is 0 Å². The van der Waals surface area contributed by atoms with Gasteiger partial charge in [0.25, 0.3) is 17.0 Å². The summed E-state index contributed by atoms with van der Waals surface area (Å²) in [4.78, 5) is 67.6. The number of H-pyrrole nitrogens is 2. The summed E-state index contributed by atoms with van der Waals surface area (Å²) in [6.45, 7) is 1.63. The van der Waals surface area contributed by atoms with Crippen molar-refractivity contribution in [1.29, 1.82) is 5.41 Å². The molecule has 3 aliphatic rings. The molecular weight excluding hydrogens is 662 g/mol. The number of amides is 3. The van der Waals surface area contributed by atoms with Gasteiger partial charge in [-0.05, 0) is 60.9 Å². The molecule has 13 nitrogen and oxygen atoms in total. The lowest BCUT2D eigenvalue weighted by atomic mass is 9.90. The third-order valence-corrected chi connectivity index (χ3v) is 9.49. The Labute approximate surface area is 296 Å². The SMILES string of the molecule is N=c1ccc2c(-c3ccccc3C(=O)N3CCN(C(=O)CCCCCC(=O)Nc4cccc5c(=O)[nH][nH]c(=O)c45)CC3)c3ccc(N)cc3oc-2c1. The van der Waals surface area contributed by atoms with E-state index in [9.17, 15) is 24.0 Å². The Morgan fingerprint density at radius 1 is 0.769 bits per heavy atom. The van der Waals surface area contributed by atoms with E-state index in [1.807, 2.05) is 36.4 Å². The molecule has 4 aromatic rings. The minimum absolute atomic E-state index is 0.0103. The summed E-state index contributed by atoms with van der Waals surface area (Å²) in [6, 6.07) is 22.8. The van der Waals surface area contributed by atoms with Gasteiger partial charge < -0.3 is 30.7 Å². The Hall–Kier alpha value is -6.50. The van der Waals surface area contributed by atoms with E-state index in [0.29, 0.717) is 79.8 Å². The number of fused-ring (bicyclic) bond motifs is 3. The zero-order chi connectivity index (χ0) is 36.4. The summed E-state index contributed by atoms with van der Waals surface area (Å²) >= 11 is 0. The van der Waals surface area contributed by atoms with E-state index >= 15 is 0 Å². The molecule has 1 saturated heterocycles. The van der Waals surface area contributed by atoms with E-state index in [0.717, 1.165) is 22.1 Å². The topological polar surface area (TPSA) is 198 Å². The molecule has 264 valence electrons. The normalized spacial score (nSPS) is 13.2. The molecule has 3 heterocycles. The van der Waals surface area contributed by atoms with Gasteiger partial charge in [-0.15, -0.1) is 0 Å². The van der Waals surface area contributed by atoms with E-state index in [-0.39, 0.29) is 40.6 Å². The van der Waals surface area contributed by atoms with E-state index in [1.165, 1.54) is 6.07 Å². The van der Waals surface area contributed by atoms with E-state index in [2.05, 4.69) is 15.5 Å². The number of nitrogens with two attached hydrogens (primary N) is 1. The lowest BCUT2D eigenvalue weighted by Gasteiger charge is -2.35. The van der Waals surface area contributed by atoms with Crippen LogP contribution in [0.25, 0.3) is 44.2 Å². The number of anilines is 2. The van der Waals surface area contributed by atoms with Crippen molar-refractivity contribution in [3.05, 3.63) is 110 Å². The largest absolute Gasteiger partial charge is 0.456 e. The predicted molar refractivity (Wildman–Crippen MR) is 198 cm³/mol. The number of aromatic amines is 2. The predicted octanol–water partition coefficient (Wildman–Crippen LogP) is 4.67. The molecule has 0 spiro atoms. The maximum Gasteiger partial charge on any atom is 0.272 e. The average molecular weight is 700 g/mol. The molecule has 0 bridgehead atoms. The van der Waals surface area contributed by atoms with Gasteiger partial charge in [0.05, 0.1) is 21.8 Å². The summed E-state index contributed by atoms with van der Waals surface area (Å²) in [6.07, 6.45) is 2.37. The molecule has 6 N–H and O–H groups in total. The first-order valence-corrected chi connectivity index (χ1v) is 17.2. The molecular formula is C39H37N7O6. The quantitative estimate of drug-likeness (QED) is 0.0820. The number of unbranched alkanes of at least 4 members (excludes halogenated alkanes) is 2. The highest BCUT2D eigenvalue weighted by molar-refractivity contribution is 6.09. The number of piperazine rings is 1. The second-order valence-electron chi connectivity index (χ2n) is 12.9. The number of rotatable bonds is 9. The fraction of sp³-hybridized carbons (Fsp3) is 0.231. The first-order valence-electron chi connectivity index (χ1n) is 17.2. The van der Waals surface area contributed by atoms with E-state index in [1.54, 1.807) is 46.2 Å².